The van der Waals surface area contributed by atoms with Crippen LogP contribution in [0.3, 0.4) is 0 Å². The highest BCUT2D eigenvalue weighted by atomic mass is 127. The first-order valence-electron chi connectivity index (χ1n) is 16.9. The van der Waals surface area contributed by atoms with Crippen LogP contribution in [0.1, 0.15) is 10.0 Å². The summed E-state index contributed by atoms with van der Waals surface area (Å²) in [7, 11) is 0. The zero-order chi connectivity index (χ0) is 41.2. The minimum absolute atomic E-state index is 0.0851. The molecule has 0 aliphatic carbocycles. The number of rotatable bonds is 17. The van der Waals surface area contributed by atoms with Crippen LogP contribution in [-0.4, -0.2) is 157 Å². The molecule has 0 bridgehead atoms. The maximum absolute atomic E-state index is 13.1. The molecule has 4 aliphatic rings. The van der Waals surface area contributed by atoms with Gasteiger partial charge in [-0.3, -0.25) is 29.0 Å². The van der Waals surface area contributed by atoms with Gasteiger partial charge in [0, 0.05) is 35.9 Å². The van der Waals surface area contributed by atoms with Crippen molar-refractivity contribution in [1.29, 1.82) is 0 Å². The minimum Gasteiger partial charge on any atom is -0.477 e. The Morgan fingerprint density at radius 2 is 1.24 bits per heavy atom. The molecule has 8 rings (SSSR count). The second-order valence-electron chi connectivity index (χ2n) is 12.5. The highest BCUT2D eigenvalue weighted by Gasteiger charge is 2.55. The molecule has 0 radical (unpaired) electrons. The van der Waals surface area contributed by atoms with Gasteiger partial charge in [-0.2, -0.15) is 0 Å². The van der Waals surface area contributed by atoms with Crippen LogP contribution in [0.15, 0.2) is 43.9 Å². The molecule has 31 heteroatoms. The van der Waals surface area contributed by atoms with Crippen molar-refractivity contribution in [2.24, 2.45) is 0 Å². The Bertz CT molecular complexity index is 2360. The van der Waals surface area contributed by atoms with E-state index in [1.807, 2.05) is 0 Å². The van der Waals surface area contributed by atoms with Gasteiger partial charge >= 0.3 is 11.9 Å². The zero-order valence-electron chi connectivity index (χ0n) is 29.5. The largest absolute Gasteiger partial charge is 0.477 e. The molecular weight excluding hydrogens is 1010 g/mol. The summed E-state index contributed by atoms with van der Waals surface area (Å²) in [6, 6.07) is -1.67. The fourth-order valence-electron chi connectivity index (χ4n) is 6.16. The van der Waals surface area contributed by atoms with E-state index in [9.17, 15) is 33.9 Å². The molecule has 4 amide bonds. The lowest BCUT2D eigenvalue weighted by atomic mass is 10.0. The van der Waals surface area contributed by atoms with Crippen molar-refractivity contribution in [2.45, 2.75) is 57.4 Å². The molecule has 59 heavy (non-hydrogen) atoms. The summed E-state index contributed by atoms with van der Waals surface area (Å²) in [4.78, 5) is 78.8. The number of hydrogen-bond acceptors (Lipinski definition) is 23. The second kappa shape index (κ2) is 18.1. The molecule has 4 aliphatic heterocycles. The van der Waals surface area contributed by atoms with E-state index < -0.39 is 58.4 Å². The lowest BCUT2D eigenvalue weighted by molar-refractivity contribution is -0.150. The quantitative estimate of drug-likeness (QED) is 0.0650. The number of carbonyl (C=O) groups excluding carboxylic acids is 5. The monoisotopic (exact) mass is 1030 g/mol. The SMILES string of the molecule is O=C(Cn1cnnn1)N[C@@H]1C(=O)N2C(C(=O)O)=C(CSc3nnc(CCc4nnc(SCC5=C(C(=O)OI)N6C(=O)[C@@H](NC(=O)Cn7cnnn7)[C@H]6SC5)s4)s3)CS[C@H]12. The van der Waals surface area contributed by atoms with E-state index in [1.165, 1.54) is 125 Å². The number of aromatic nitrogens is 12. The number of fused-ring (bicyclic) bond motifs is 2. The summed E-state index contributed by atoms with van der Waals surface area (Å²) in [6.07, 6.45) is 3.65. The van der Waals surface area contributed by atoms with Gasteiger partial charge in [-0.05, 0) is 32.0 Å². The van der Waals surface area contributed by atoms with Crippen LogP contribution < -0.4 is 10.6 Å². The van der Waals surface area contributed by atoms with Gasteiger partial charge < -0.3 is 18.8 Å². The van der Waals surface area contributed by atoms with Crippen LogP contribution >= 0.6 is 92.7 Å². The lowest BCUT2D eigenvalue weighted by Crippen LogP contribution is -2.70. The number of aryl methyl sites for hydroxylation is 2. The summed E-state index contributed by atoms with van der Waals surface area (Å²) in [5.74, 6) is -2.28. The van der Waals surface area contributed by atoms with E-state index in [2.05, 4.69) is 62.1 Å². The van der Waals surface area contributed by atoms with Crippen LogP contribution in [0.25, 0.3) is 0 Å². The third kappa shape index (κ3) is 8.94. The van der Waals surface area contributed by atoms with E-state index in [0.29, 0.717) is 49.9 Å². The molecule has 0 saturated carbocycles. The highest BCUT2D eigenvalue weighted by Crippen LogP contribution is 2.43. The number of aliphatic carboxylic acids is 1. The Morgan fingerprint density at radius 1 is 0.763 bits per heavy atom. The number of carboxylic acid groups (broad SMARTS) is 1. The van der Waals surface area contributed by atoms with Gasteiger partial charge in [0.05, 0.1) is 0 Å². The molecule has 0 unspecified atom stereocenters. The number of carboxylic acids is 1. The number of nitrogens with zero attached hydrogens (tertiary/aromatic N) is 14. The first-order chi connectivity index (χ1) is 28.6. The van der Waals surface area contributed by atoms with Crippen LogP contribution in [0.2, 0.25) is 0 Å². The van der Waals surface area contributed by atoms with Crippen molar-refractivity contribution < 1.29 is 36.9 Å². The molecule has 8 heterocycles. The van der Waals surface area contributed by atoms with Crippen molar-refractivity contribution in [3.63, 3.8) is 0 Å². The van der Waals surface area contributed by atoms with Gasteiger partial charge in [0.25, 0.3) is 11.8 Å². The predicted octanol–water partition coefficient (Wildman–Crippen LogP) is -0.982. The van der Waals surface area contributed by atoms with Crippen LogP contribution in [0, 0.1) is 0 Å². The molecule has 2 fully saturated rings. The Kier molecular flexibility index (Phi) is 12.7. The van der Waals surface area contributed by atoms with E-state index >= 15 is 0 Å². The maximum atomic E-state index is 13.1. The fourth-order valence-corrected chi connectivity index (χ4v) is 13.1. The molecule has 24 nitrogen and oxygen atoms in total. The third-order valence-electron chi connectivity index (χ3n) is 8.78. The Hall–Kier alpha value is -4.31. The summed E-state index contributed by atoms with van der Waals surface area (Å²) in [5, 5.41) is 54.3. The summed E-state index contributed by atoms with van der Waals surface area (Å²) in [5.41, 5.74) is 1.33. The number of nitrogens with one attached hydrogen (secondary N) is 2. The van der Waals surface area contributed by atoms with E-state index in [1.54, 1.807) is 0 Å². The number of halogens is 1. The molecule has 2 saturated heterocycles. The first kappa shape index (κ1) is 41.4. The van der Waals surface area contributed by atoms with Gasteiger partial charge in [0.15, 0.2) is 31.7 Å². The molecule has 0 spiro atoms. The standard InChI is InChI=1S/C28H25IN16O8S6/c29-53-26(52)20-12(6-55-24-18(22(49)45(20)24)33-14(47)4-43-10-31-39-41-43)8-57-28-37-35-16(59-28)2-1-15-34-36-27(58-15)56-7-11-5-54-23-17(21(48)44(23)19(11)25(50)51)32-13(46)3-42-9-30-38-40-42/h9-10,17-18,23-24H,1-8H2,(H,32,46)(H,33,47)(H,50,51)/t17-,18-,23-,24-/m1/s1. The van der Waals surface area contributed by atoms with E-state index in [0.717, 1.165) is 10.0 Å². The number of β-lactam (4-membered cyclic amide) rings is 2. The number of tetrazole rings is 2. The average molecular weight is 1030 g/mol. The van der Waals surface area contributed by atoms with Gasteiger partial charge in [-0.15, -0.1) is 54.1 Å². The molecular formula is C28H25IN16O8S6. The lowest BCUT2D eigenvalue weighted by Gasteiger charge is -2.49. The molecule has 0 aromatic carbocycles. The first-order valence-corrected chi connectivity index (χ1v) is 23.5. The predicted molar refractivity (Wildman–Crippen MR) is 216 cm³/mol. The van der Waals surface area contributed by atoms with Crippen molar-refractivity contribution >= 4 is 128 Å². The fraction of sp³-hybridized carbons (Fsp3) is 0.429. The smallest absolute Gasteiger partial charge is 0.364 e. The highest BCUT2D eigenvalue weighted by molar-refractivity contribution is 14.1. The van der Waals surface area contributed by atoms with Gasteiger partial charge in [0.1, 0.15) is 70.0 Å². The Morgan fingerprint density at radius 3 is 1.68 bits per heavy atom. The van der Waals surface area contributed by atoms with Crippen molar-refractivity contribution in [1.82, 2.24) is 81.2 Å². The van der Waals surface area contributed by atoms with Crippen molar-refractivity contribution in [3.8, 4) is 0 Å². The van der Waals surface area contributed by atoms with Gasteiger partial charge in [-0.1, -0.05) is 46.2 Å². The normalized spacial score (nSPS) is 21.1. The summed E-state index contributed by atoms with van der Waals surface area (Å²) >= 11 is 9.79. The Labute approximate surface area is 369 Å². The summed E-state index contributed by atoms with van der Waals surface area (Å²) in [6.45, 7) is -0.331. The number of thioether (sulfide) groups is 4. The van der Waals surface area contributed by atoms with Crippen LogP contribution in [0.5, 0.6) is 0 Å². The number of carbonyl (C=O) groups is 6. The van der Waals surface area contributed by atoms with Gasteiger partial charge in [0.2, 0.25) is 11.8 Å². The Balaban J connectivity index is 0.815. The molecule has 4 atom stereocenters. The van der Waals surface area contributed by atoms with Crippen LogP contribution in [0.4, 0.5) is 0 Å². The average Bonchev–Trinajstić information content (AvgIpc) is 4.08. The molecule has 3 N–H and O–H groups in total. The summed E-state index contributed by atoms with van der Waals surface area (Å²) < 4.78 is 8.76. The maximum Gasteiger partial charge on any atom is 0.364 e. The zero-order valence-corrected chi connectivity index (χ0v) is 36.6. The van der Waals surface area contributed by atoms with Crippen LogP contribution in [-0.2, 0) is 57.8 Å². The number of hydrogen-bond donors (Lipinski definition) is 3. The molecule has 4 aromatic rings. The number of amides is 4. The topological polar surface area (TPSA) is 301 Å². The third-order valence-corrected chi connectivity index (χ3v) is 16.3. The second-order valence-corrected chi connectivity index (χ2v) is 19.7. The van der Waals surface area contributed by atoms with E-state index in [-0.39, 0.29) is 30.2 Å². The molecule has 308 valence electrons. The van der Waals surface area contributed by atoms with E-state index in [4.69, 9.17) is 3.07 Å². The van der Waals surface area contributed by atoms with Crippen molar-refractivity contribution in [2.75, 3.05) is 23.0 Å². The minimum atomic E-state index is -1.22. The van der Waals surface area contributed by atoms with Crippen molar-refractivity contribution in [3.05, 3.63) is 45.2 Å². The van der Waals surface area contributed by atoms with Gasteiger partial charge in [-0.25, -0.2) is 19.0 Å². The molecule has 4 aromatic heterocycles.